The van der Waals surface area contributed by atoms with Crippen molar-refractivity contribution in [2.75, 3.05) is 51.3 Å². The Bertz CT molecular complexity index is 1590. The van der Waals surface area contributed by atoms with Crippen LogP contribution in [0.3, 0.4) is 0 Å². The number of amides is 1. The van der Waals surface area contributed by atoms with Crippen molar-refractivity contribution in [3.63, 3.8) is 0 Å². The van der Waals surface area contributed by atoms with E-state index >= 15 is 0 Å². The number of halogens is 2. The van der Waals surface area contributed by atoms with Crippen LogP contribution in [0.5, 0.6) is 17.6 Å². The normalized spacial score (nSPS) is 19.4. The van der Waals surface area contributed by atoms with E-state index in [4.69, 9.17) is 47.4 Å². The first kappa shape index (κ1) is 26.5. The number of carbonyl (C=O) groups is 1. The summed E-state index contributed by atoms with van der Waals surface area (Å²) >= 11 is 13.0. The van der Waals surface area contributed by atoms with E-state index in [9.17, 15) is 4.79 Å². The van der Waals surface area contributed by atoms with Gasteiger partial charge in [0.25, 0.3) is 0 Å². The largest absolute Gasteiger partial charge is 0.456 e. The Kier molecular flexibility index (Phi) is 7.32. The highest BCUT2D eigenvalue weighted by Crippen LogP contribution is 2.40. The summed E-state index contributed by atoms with van der Waals surface area (Å²) < 4.78 is 18.1. The van der Waals surface area contributed by atoms with Crippen LogP contribution in [0.1, 0.15) is 0 Å². The van der Waals surface area contributed by atoms with Gasteiger partial charge in [-0.3, -0.25) is 9.89 Å². The van der Waals surface area contributed by atoms with Gasteiger partial charge in [0.2, 0.25) is 11.8 Å². The molecule has 1 amide bonds. The number of benzene rings is 1. The maximum Gasteiger partial charge on any atom is 0.319 e. The van der Waals surface area contributed by atoms with Crippen molar-refractivity contribution in [1.29, 1.82) is 0 Å². The molecule has 0 spiro atoms. The molecule has 1 aromatic carbocycles. The molecule has 40 heavy (non-hydrogen) atoms. The molecule has 14 heteroatoms. The van der Waals surface area contributed by atoms with Crippen molar-refractivity contribution in [3.8, 4) is 17.6 Å². The number of rotatable bonds is 7. The molecule has 2 atom stereocenters. The number of methoxy groups -OCH3 is 1. The van der Waals surface area contributed by atoms with Crippen molar-refractivity contribution in [1.82, 2.24) is 35.4 Å². The van der Waals surface area contributed by atoms with E-state index in [0.29, 0.717) is 72.1 Å². The molecule has 0 unspecified atom stereocenters. The van der Waals surface area contributed by atoms with E-state index in [0.717, 1.165) is 5.52 Å². The number of pyridine rings is 1. The van der Waals surface area contributed by atoms with Crippen LogP contribution in [0.4, 0.5) is 5.82 Å². The molecule has 0 radical (unpaired) electrons. The summed E-state index contributed by atoms with van der Waals surface area (Å²) in [4.78, 5) is 29.9. The average Bonchev–Trinajstić information content (AvgIpc) is 3.63. The summed E-state index contributed by atoms with van der Waals surface area (Å²) in [5.41, 5.74) is 1.14. The van der Waals surface area contributed by atoms with E-state index in [1.165, 1.54) is 6.08 Å². The molecule has 4 aromatic rings. The van der Waals surface area contributed by atoms with Gasteiger partial charge in [-0.05, 0) is 24.3 Å². The van der Waals surface area contributed by atoms with Crippen molar-refractivity contribution in [2.24, 2.45) is 0 Å². The van der Waals surface area contributed by atoms with Crippen molar-refractivity contribution in [3.05, 3.63) is 47.2 Å². The molecule has 2 fully saturated rings. The van der Waals surface area contributed by atoms with E-state index < -0.39 is 0 Å². The molecule has 5 heterocycles. The SMILES string of the molecule is C=CC(=O)N1CCN(c2nc(O[C@@H]3CNC[C@H]3OC)nc3c(Oc4c(Cl)ccc5[nH]ncc45)nc(Cl)cc23)CC1. The van der Waals surface area contributed by atoms with Crippen LogP contribution in [0, 0.1) is 0 Å². The quantitative estimate of drug-likeness (QED) is 0.246. The van der Waals surface area contributed by atoms with Crippen molar-refractivity contribution >= 4 is 56.7 Å². The third-order valence-electron chi connectivity index (χ3n) is 7.04. The minimum absolute atomic E-state index is 0.108. The maximum absolute atomic E-state index is 12.2. The highest BCUT2D eigenvalue weighted by molar-refractivity contribution is 6.33. The number of H-pyrrole nitrogens is 1. The number of nitrogens with zero attached hydrogens (tertiary/aromatic N) is 6. The van der Waals surface area contributed by atoms with Crippen LogP contribution in [-0.2, 0) is 9.53 Å². The number of carbonyl (C=O) groups excluding carboxylic acids is 1. The predicted molar refractivity (Wildman–Crippen MR) is 151 cm³/mol. The van der Waals surface area contributed by atoms with Crippen LogP contribution in [-0.4, -0.2) is 94.5 Å². The average molecular weight is 585 g/mol. The minimum atomic E-state index is -0.295. The highest BCUT2D eigenvalue weighted by Gasteiger charge is 2.31. The van der Waals surface area contributed by atoms with Gasteiger partial charge in [0.1, 0.15) is 28.7 Å². The van der Waals surface area contributed by atoms with Crippen LogP contribution in [0.2, 0.25) is 10.2 Å². The third kappa shape index (κ3) is 4.99. The number of hydrogen-bond acceptors (Lipinski definition) is 10. The van der Waals surface area contributed by atoms with Crippen molar-refractivity contribution < 1.29 is 19.0 Å². The number of aromatic nitrogens is 5. The molecule has 3 aromatic heterocycles. The monoisotopic (exact) mass is 584 g/mol. The van der Waals surface area contributed by atoms with Gasteiger partial charge in [-0.2, -0.15) is 20.1 Å². The molecule has 6 rings (SSSR count). The summed E-state index contributed by atoms with van der Waals surface area (Å²) in [6.07, 6.45) is 2.49. The summed E-state index contributed by atoms with van der Waals surface area (Å²) in [5.74, 6) is 0.985. The molecule has 208 valence electrons. The molecule has 2 aliphatic rings. The van der Waals surface area contributed by atoms with Gasteiger partial charge < -0.3 is 29.3 Å². The minimum Gasteiger partial charge on any atom is -0.456 e. The van der Waals surface area contributed by atoms with Crippen LogP contribution in [0.15, 0.2) is 37.1 Å². The predicted octanol–water partition coefficient (Wildman–Crippen LogP) is 3.20. The first-order valence-corrected chi connectivity index (χ1v) is 13.4. The number of nitrogens with one attached hydrogen (secondary N) is 2. The lowest BCUT2D eigenvalue weighted by Crippen LogP contribution is -2.48. The Balaban J connectivity index is 1.45. The number of hydrogen-bond donors (Lipinski definition) is 2. The van der Waals surface area contributed by atoms with Gasteiger partial charge in [0.15, 0.2) is 5.75 Å². The van der Waals surface area contributed by atoms with Gasteiger partial charge >= 0.3 is 6.01 Å². The van der Waals surface area contributed by atoms with Crippen molar-refractivity contribution in [2.45, 2.75) is 12.2 Å². The number of anilines is 1. The second-order valence-electron chi connectivity index (χ2n) is 9.39. The van der Waals surface area contributed by atoms with Crippen LogP contribution in [0.25, 0.3) is 21.8 Å². The first-order valence-electron chi connectivity index (χ1n) is 12.7. The van der Waals surface area contributed by atoms with Crippen LogP contribution >= 0.6 is 23.2 Å². The van der Waals surface area contributed by atoms with Gasteiger partial charge in [-0.1, -0.05) is 29.8 Å². The Labute approximate surface area is 239 Å². The van der Waals surface area contributed by atoms with E-state index in [2.05, 4.69) is 32.0 Å². The zero-order chi connectivity index (χ0) is 27.8. The lowest BCUT2D eigenvalue weighted by Gasteiger charge is -2.35. The standard InChI is InChI=1S/C26H26Cl2N8O4/c1-3-21(37)35-6-8-36(9-7-35)24-14-10-20(28)31-25(40-23-15-11-30-34-17(15)5-4-16(23)27)22(14)32-26(33-24)39-19-13-29-12-18(19)38-2/h3-5,10-11,18-19,29H,1,6-9,12-13H2,2H3,(H,30,34)/t18-,19-/m1/s1. The Morgan fingerprint density at radius 2 is 1.90 bits per heavy atom. The lowest BCUT2D eigenvalue weighted by atomic mass is 10.2. The molecule has 0 bridgehead atoms. The maximum atomic E-state index is 12.2. The zero-order valence-electron chi connectivity index (χ0n) is 21.6. The third-order valence-corrected chi connectivity index (χ3v) is 7.53. The molecular weight excluding hydrogens is 559 g/mol. The molecular formula is C26H26Cl2N8O4. The van der Waals surface area contributed by atoms with Gasteiger partial charge in [0.05, 0.1) is 27.5 Å². The number of aromatic amines is 1. The molecule has 2 aliphatic heterocycles. The fourth-order valence-corrected chi connectivity index (χ4v) is 5.34. The van der Waals surface area contributed by atoms with E-state index in [1.807, 2.05) is 6.07 Å². The van der Waals surface area contributed by atoms with Gasteiger partial charge in [-0.15, -0.1) is 0 Å². The van der Waals surface area contributed by atoms with E-state index in [-0.39, 0.29) is 35.2 Å². The topological polar surface area (TPSA) is 131 Å². The second-order valence-corrected chi connectivity index (χ2v) is 10.2. The first-order chi connectivity index (χ1) is 19.4. The summed E-state index contributed by atoms with van der Waals surface area (Å²) in [7, 11) is 1.64. The Morgan fingerprint density at radius 1 is 1.10 bits per heavy atom. The number of fused-ring (bicyclic) bond motifs is 2. The molecule has 12 nitrogen and oxygen atoms in total. The zero-order valence-corrected chi connectivity index (χ0v) is 23.1. The molecule has 2 saturated heterocycles. The highest BCUT2D eigenvalue weighted by atomic mass is 35.5. The number of piperazine rings is 1. The fourth-order valence-electron chi connectivity index (χ4n) is 4.95. The lowest BCUT2D eigenvalue weighted by molar-refractivity contribution is -0.126. The molecule has 0 saturated carbocycles. The number of ether oxygens (including phenoxy) is 3. The Hall–Kier alpha value is -3.71. The van der Waals surface area contributed by atoms with Gasteiger partial charge in [-0.25, -0.2) is 0 Å². The smallest absolute Gasteiger partial charge is 0.319 e. The fraction of sp³-hybridized carbons (Fsp3) is 0.346. The van der Waals surface area contributed by atoms with E-state index in [1.54, 1.807) is 30.3 Å². The Morgan fingerprint density at radius 3 is 2.67 bits per heavy atom. The molecule has 0 aliphatic carbocycles. The summed E-state index contributed by atoms with van der Waals surface area (Å²) in [6.45, 7) is 6.91. The molecule has 2 N–H and O–H groups in total. The van der Waals surface area contributed by atoms with Gasteiger partial charge in [0, 0.05) is 46.4 Å². The summed E-state index contributed by atoms with van der Waals surface area (Å²) in [6, 6.07) is 5.36. The second kappa shape index (κ2) is 11.0. The summed E-state index contributed by atoms with van der Waals surface area (Å²) in [5, 5.41) is 12.1. The van der Waals surface area contributed by atoms with Crippen LogP contribution < -0.4 is 19.7 Å².